The highest BCUT2D eigenvalue weighted by molar-refractivity contribution is 6.30. The van der Waals surface area contributed by atoms with Gasteiger partial charge in [0.1, 0.15) is 18.4 Å². The van der Waals surface area contributed by atoms with Gasteiger partial charge in [-0.1, -0.05) is 49.2 Å². The average molecular weight is 382 g/mol. The second-order valence-electron chi connectivity index (χ2n) is 6.11. The number of nitrogens with one attached hydrogen (secondary N) is 1. The number of carboxylic acid groups (broad SMARTS) is 1. The Labute approximate surface area is 157 Å². The monoisotopic (exact) mass is 381 g/mol. The fourth-order valence-electron chi connectivity index (χ4n) is 2.44. The first-order valence-electron chi connectivity index (χ1n) is 7.98. The van der Waals surface area contributed by atoms with Crippen molar-refractivity contribution in [3.05, 3.63) is 63.6 Å². The zero-order chi connectivity index (χ0) is 18.4. The van der Waals surface area contributed by atoms with E-state index in [-0.39, 0.29) is 5.92 Å². The Morgan fingerprint density at radius 3 is 2.52 bits per heavy atom. The summed E-state index contributed by atoms with van der Waals surface area (Å²) in [6.07, 6.45) is 0. The van der Waals surface area contributed by atoms with Gasteiger partial charge in [0.25, 0.3) is 0 Å². The summed E-state index contributed by atoms with van der Waals surface area (Å²) in [6, 6.07) is 12.1. The molecule has 2 N–H and O–H groups in total. The molecule has 1 atom stereocenters. The van der Waals surface area contributed by atoms with Crippen molar-refractivity contribution in [3.8, 4) is 5.75 Å². The van der Waals surface area contributed by atoms with Crippen molar-refractivity contribution in [1.82, 2.24) is 5.32 Å². The van der Waals surface area contributed by atoms with Gasteiger partial charge >= 0.3 is 5.97 Å². The minimum atomic E-state index is -0.876. The average Bonchev–Trinajstić information content (AvgIpc) is 2.53. The number of hydrogen-bond acceptors (Lipinski definition) is 3. The lowest BCUT2D eigenvalue weighted by Gasteiger charge is -2.19. The van der Waals surface area contributed by atoms with Crippen molar-refractivity contribution < 1.29 is 14.6 Å². The second-order valence-corrected chi connectivity index (χ2v) is 6.98. The molecule has 4 nitrogen and oxygen atoms in total. The van der Waals surface area contributed by atoms with Crippen molar-refractivity contribution in [2.45, 2.75) is 33.0 Å². The van der Waals surface area contributed by atoms with Crippen LogP contribution in [-0.2, 0) is 17.9 Å². The molecule has 0 spiro atoms. The third kappa shape index (κ3) is 5.92. The second kappa shape index (κ2) is 9.09. The number of carbonyl (C=O) groups is 1. The lowest BCUT2D eigenvalue weighted by molar-refractivity contribution is -0.140. The van der Waals surface area contributed by atoms with Crippen molar-refractivity contribution in [2.75, 3.05) is 0 Å². The molecule has 0 aromatic heterocycles. The van der Waals surface area contributed by atoms with E-state index in [1.165, 1.54) is 0 Å². The molecule has 25 heavy (non-hydrogen) atoms. The number of benzene rings is 2. The molecule has 0 fully saturated rings. The Kier molecular flexibility index (Phi) is 7.12. The summed E-state index contributed by atoms with van der Waals surface area (Å²) in [5, 5.41) is 13.6. The minimum Gasteiger partial charge on any atom is -0.489 e. The van der Waals surface area contributed by atoms with Crippen molar-refractivity contribution in [3.63, 3.8) is 0 Å². The molecule has 0 aliphatic carbocycles. The molecule has 0 heterocycles. The number of rotatable bonds is 8. The first-order chi connectivity index (χ1) is 11.9. The molecular formula is C19H21Cl2NO3. The Hall–Kier alpha value is -1.75. The first kappa shape index (κ1) is 19.6. The molecule has 0 aliphatic heterocycles. The van der Waals surface area contributed by atoms with Crippen molar-refractivity contribution in [2.24, 2.45) is 5.92 Å². The van der Waals surface area contributed by atoms with Gasteiger partial charge in [-0.3, -0.25) is 10.1 Å². The largest absolute Gasteiger partial charge is 0.489 e. The van der Waals surface area contributed by atoms with Crippen LogP contribution in [0.4, 0.5) is 0 Å². The summed E-state index contributed by atoms with van der Waals surface area (Å²) in [6.45, 7) is 4.43. The minimum absolute atomic E-state index is 0.0347. The summed E-state index contributed by atoms with van der Waals surface area (Å²) in [5.74, 6) is -0.254. The maximum Gasteiger partial charge on any atom is 0.320 e. The Morgan fingerprint density at radius 2 is 1.88 bits per heavy atom. The molecular weight excluding hydrogens is 361 g/mol. The molecule has 0 amide bonds. The SMILES string of the molecule is CC(C)C(NCc1cc(Cl)ccc1OCc1cccc(Cl)c1)C(=O)O. The molecule has 134 valence electrons. The van der Waals surface area contributed by atoms with Gasteiger partial charge in [0.15, 0.2) is 0 Å². The van der Waals surface area contributed by atoms with Gasteiger partial charge < -0.3 is 9.84 Å². The van der Waals surface area contributed by atoms with Gasteiger partial charge in [0.05, 0.1) is 0 Å². The van der Waals surface area contributed by atoms with Crippen LogP contribution in [0.1, 0.15) is 25.0 Å². The Morgan fingerprint density at radius 1 is 1.16 bits per heavy atom. The number of ether oxygens (including phenoxy) is 1. The molecule has 2 aromatic carbocycles. The quantitative estimate of drug-likeness (QED) is 0.691. The van der Waals surface area contributed by atoms with E-state index in [4.69, 9.17) is 27.9 Å². The van der Waals surface area contributed by atoms with Crippen LogP contribution < -0.4 is 10.1 Å². The van der Waals surface area contributed by atoms with Gasteiger partial charge in [0.2, 0.25) is 0 Å². The highest BCUT2D eigenvalue weighted by Gasteiger charge is 2.21. The van der Waals surface area contributed by atoms with Crippen molar-refractivity contribution in [1.29, 1.82) is 0 Å². The van der Waals surface area contributed by atoms with Crippen molar-refractivity contribution >= 4 is 29.2 Å². The maximum atomic E-state index is 11.3. The standard InChI is InChI=1S/C19H21Cl2NO3/c1-12(2)18(19(23)24)22-10-14-9-16(21)6-7-17(14)25-11-13-4-3-5-15(20)8-13/h3-9,12,18,22H,10-11H2,1-2H3,(H,23,24). The number of hydrogen-bond donors (Lipinski definition) is 2. The molecule has 0 saturated carbocycles. The van der Waals surface area contributed by atoms with Crippen LogP contribution in [0.2, 0.25) is 10.0 Å². The summed E-state index contributed by atoms with van der Waals surface area (Å²) in [5.41, 5.74) is 1.76. The van der Waals surface area contributed by atoms with Gasteiger partial charge in [0, 0.05) is 22.2 Å². The van der Waals surface area contributed by atoms with Gasteiger partial charge in [-0.15, -0.1) is 0 Å². The van der Waals surface area contributed by atoms with Gasteiger partial charge in [-0.05, 0) is 41.8 Å². The Bertz CT molecular complexity index is 734. The van der Waals surface area contributed by atoms with Crippen LogP contribution >= 0.6 is 23.2 Å². The van der Waals surface area contributed by atoms with Crippen LogP contribution in [0.5, 0.6) is 5.75 Å². The third-order valence-corrected chi connectivity index (χ3v) is 4.22. The highest BCUT2D eigenvalue weighted by atomic mass is 35.5. The molecule has 0 bridgehead atoms. The van der Waals surface area contributed by atoms with E-state index in [0.29, 0.717) is 28.9 Å². The Balaban J connectivity index is 2.10. The predicted octanol–water partition coefficient (Wildman–Crippen LogP) is 4.77. The predicted molar refractivity (Wildman–Crippen MR) is 100 cm³/mol. The van der Waals surface area contributed by atoms with Crippen LogP contribution in [0.15, 0.2) is 42.5 Å². The summed E-state index contributed by atoms with van der Waals surface area (Å²) in [4.78, 5) is 11.3. The lowest BCUT2D eigenvalue weighted by Crippen LogP contribution is -2.40. The fourth-order valence-corrected chi connectivity index (χ4v) is 2.85. The molecule has 0 radical (unpaired) electrons. The van der Waals surface area contributed by atoms with E-state index < -0.39 is 12.0 Å². The van der Waals surface area contributed by atoms with Crippen LogP contribution in [0.25, 0.3) is 0 Å². The van der Waals surface area contributed by atoms with Gasteiger partial charge in [-0.2, -0.15) is 0 Å². The van der Waals surface area contributed by atoms with E-state index in [9.17, 15) is 9.90 Å². The van der Waals surface area contributed by atoms with E-state index >= 15 is 0 Å². The normalized spacial score (nSPS) is 12.2. The fraction of sp³-hybridized carbons (Fsp3) is 0.316. The highest BCUT2D eigenvalue weighted by Crippen LogP contribution is 2.24. The van der Waals surface area contributed by atoms with Crippen LogP contribution in [0.3, 0.4) is 0 Å². The maximum absolute atomic E-state index is 11.3. The molecule has 0 saturated heterocycles. The van der Waals surface area contributed by atoms with Gasteiger partial charge in [-0.25, -0.2) is 0 Å². The van der Waals surface area contributed by atoms with Crippen LogP contribution in [-0.4, -0.2) is 17.1 Å². The number of aliphatic carboxylic acids is 1. The van der Waals surface area contributed by atoms with E-state index in [2.05, 4.69) is 5.32 Å². The zero-order valence-corrected chi connectivity index (χ0v) is 15.6. The molecule has 1 unspecified atom stereocenters. The van der Waals surface area contributed by atoms with E-state index in [1.807, 2.05) is 32.0 Å². The topological polar surface area (TPSA) is 58.6 Å². The summed E-state index contributed by atoms with van der Waals surface area (Å²) < 4.78 is 5.88. The number of carboxylic acids is 1. The smallest absolute Gasteiger partial charge is 0.320 e. The first-order valence-corrected chi connectivity index (χ1v) is 8.74. The summed E-state index contributed by atoms with van der Waals surface area (Å²) in [7, 11) is 0. The molecule has 6 heteroatoms. The number of halogens is 2. The summed E-state index contributed by atoms with van der Waals surface area (Å²) >= 11 is 12.1. The third-order valence-electron chi connectivity index (χ3n) is 3.75. The zero-order valence-electron chi connectivity index (χ0n) is 14.1. The molecule has 0 aliphatic rings. The lowest BCUT2D eigenvalue weighted by atomic mass is 10.0. The molecule has 2 aromatic rings. The van der Waals surface area contributed by atoms with E-state index in [1.54, 1.807) is 24.3 Å². The van der Waals surface area contributed by atoms with Crippen LogP contribution in [0, 0.1) is 5.92 Å². The van der Waals surface area contributed by atoms with E-state index in [0.717, 1.165) is 11.1 Å². The molecule has 2 rings (SSSR count).